The van der Waals surface area contributed by atoms with Crippen molar-refractivity contribution < 1.29 is 13.2 Å². The molecule has 0 atom stereocenters. The van der Waals surface area contributed by atoms with Crippen molar-refractivity contribution >= 4 is 22.7 Å². The van der Waals surface area contributed by atoms with Crippen LogP contribution in [0.3, 0.4) is 0 Å². The van der Waals surface area contributed by atoms with Gasteiger partial charge in [-0.05, 0) is 49.6 Å². The van der Waals surface area contributed by atoms with E-state index in [0.717, 1.165) is 34.5 Å². The number of nitrogens with zero attached hydrogens (tertiary/aromatic N) is 2. The number of hydrogen-bond acceptors (Lipinski definition) is 4. The zero-order valence-electron chi connectivity index (χ0n) is 15.1. The van der Waals surface area contributed by atoms with Crippen molar-refractivity contribution in [3.8, 4) is 11.3 Å². The molecule has 0 bridgehead atoms. The molecule has 0 saturated heterocycles. The molecule has 27 heavy (non-hydrogen) atoms. The highest BCUT2D eigenvalue weighted by Crippen LogP contribution is 2.31. The van der Waals surface area contributed by atoms with E-state index >= 15 is 0 Å². The van der Waals surface area contributed by atoms with Crippen LogP contribution in [0.4, 0.5) is 18.3 Å². The van der Waals surface area contributed by atoms with Gasteiger partial charge in [-0.2, -0.15) is 18.3 Å². The second-order valence-electron chi connectivity index (χ2n) is 6.30. The number of anilines is 1. The zero-order chi connectivity index (χ0) is 19.6. The van der Waals surface area contributed by atoms with Crippen LogP contribution in [0.25, 0.3) is 11.3 Å². The molecule has 0 fully saturated rings. The lowest BCUT2D eigenvalue weighted by Gasteiger charge is -2.08. The highest BCUT2D eigenvalue weighted by Gasteiger charge is 2.30. The molecule has 0 saturated carbocycles. The normalized spacial score (nSPS) is 11.9. The van der Waals surface area contributed by atoms with Crippen molar-refractivity contribution in [2.45, 2.75) is 26.9 Å². The van der Waals surface area contributed by atoms with Crippen molar-refractivity contribution in [2.24, 2.45) is 5.10 Å². The number of aromatic nitrogens is 1. The van der Waals surface area contributed by atoms with E-state index in [1.165, 1.54) is 29.2 Å². The SMILES string of the molecule is Cc1cc(C)c(-c2csc(N/N=C\c3cccc(C(F)(F)F)c3)n2)c(C)c1. The maximum Gasteiger partial charge on any atom is 0.416 e. The quantitative estimate of drug-likeness (QED) is 0.426. The number of benzene rings is 2. The average molecular weight is 389 g/mol. The van der Waals surface area contributed by atoms with Gasteiger partial charge >= 0.3 is 6.18 Å². The molecule has 140 valence electrons. The summed E-state index contributed by atoms with van der Waals surface area (Å²) in [6.45, 7) is 6.15. The van der Waals surface area contributed by atoms with E-state index < -0.39 is 11.7 Å². The van der Waals surface area contributed by atoms with Gasteiger partial charge in [-0.3, -0.25) is 5.43 Å². The van der Waals surface area contributed by atoms with Gasteiger partial charge in [0.1, 0.15) is 0 Å². The summed E-state index contributed by atoms with van der Waals surface area (Å²) in [7, 11) is 0. The number of halogens is 3. The minimum Gasteiger partial charge on any atom is -0.253 e. The number of rotatable bonds is 4. The summed E-state index contributed by atoms with van der Waals surface area (Å²) < 4.78 is 38.2. The second kappa shape index (κ2) is 7.52. The predicted octanol–water partition coefficient (Wildman–Crippen LogP) is 6.20. The predicted molar refractivity (Wildman–Crippen MR) is 104 cm³/mol. The minimum atomic E-state index is -4.37. The van der Waals surface area contributed by atoms with Crippen molar-refractivity contribution in [3.63, 3.8) is 0 Å². The minimum absolute atomic E-state index is 0.360. The molecule has 1 N–H and O–H groups in total. The lowest BCUT2D eigenvalue weighted by molar-refractivity contribution is -0.137. The molecular formula is C20H18F3N3S. The van der Waals surface area contributed by atoms with Gasteiger partial charge in [0.05, 0.1) is 17.5 Å². The van der Waals surface area contributed by atoms with Crippen LogP contribution in [0, 0.1) is 20.8 Å². The third kappa shape index (κ3) is 4.54. The number of nitrogens with one attached hydrogen (secondary N) is 1. The molecule has 3 nitrogen and oxygen atoms in total. The van der Waals surface area contributed by atoms with Gasteiger partial charge in [0, 0.05) is 10.9 Å². The molecule has 1 heterocycles. The summed E-state index contributed by atoms with van der Waals surface area (Å²) in [5.41, 5.74) is 7.89. The molecule has 0 unspecified atom stereocenters. The van der Waals surface area contributed by atoms with Crippen LogP contribution in [-0.4, -0.2) is 11.2 Å². The first kappa shape index (κ1) is 19.1. The maximum atomic E-state index is 12.7. The fraction of sp³-hybridized carbons (Fsp3) is 0.200. The zero-order valence-corrected chi connectivity index (χ0v) is 15.9. The molecule has 3 aromatic rings. The van der Waals surface area contributed by atoms with E-state index in [1.807, 2.05) is 19.2 Å². The van der Waals surface area contributed by atoms with Gasteiger partial charge in [0.25, 0.3) is 0 Å². The van der Waals surface area contributed by atoms with E-state index in [1.54, 1.807) is 6.07 Å². The van der Waals surface area contributed by atoms with E-state index in [2.05, 4.69) is 34.6 Å². The number of hydrogen-bond donors (Lipinski definition) is 1. The monoisotopic (exact) mass is 389 g/mol. The fourth-order valence-corrected chi connectivity index (χ4v) is 3.63. The van der Waals surface area contributed by atoms with Crippen LogP contribution >= 0.6 is 11.3 Å². The summed E-state index contributed by atoms with van der Waals surface area (Å²) >= 11 is 1.39. The molecule has 3 rings (SSSR count). The number of hydrazone groups is 1. The van der Waals surface area contributed by atoms with Gasteiger partial charge < -0.3 is 0 Å². The summed E-state index contributed by atoms with van der Waals surface area (Å²) in [5, 5.41) is 6.52. The van der Waals surface area contributed by atoms with Crippen molar-refractivity contribution in [2.75, 3.05) is 5.43 Å². The first-order valence-electron chi connectivity index (χ1n) is 8.24. The van der Waals surface area contributed by atoms with Gasteiger partial charge in [0.2, 0.25) is 5.13 Å². The lowest BCUT2D eigenvalue weighted by Crippen LogP contribution is -2.05. The Hall–Kier alpha value is -2.67. The van der Waals surface area contributed by atoms with Crippen LogP contribution in [0.15, 0.2) is 46.9 Å². The Morgan fingerprint density at radius 1 is 1.07 bits per heavy atom. The van der Waals surface area contributed by atoms with Crippen LogP contribution in [0.1, 0.15) is 27.8 Å². The van der Waals surface area contributed by atoms with E-state index in [4.69, 9.17) is 0 Å². The molecule has 2 aromatic carbocycles. The molecule has 0 aliphatic heterocycles. The second-order valence-corrected chi connectivity index (χ2v) is 7.16. The smallest absolute Gasteiger partial charge is 0.253 e. The summed E-state index contributed by atoms with van der Waals surface area (Å²) in [6, 6.07) is 9.23. The third-order valence-electron chi connectivity index (χ3n) is 4.03. The number of alkyl halides is 3. The molecule has 0 aliphatic carbocycles. The van der Waals surface area contributed by atoms with Crippen LogP contribution in [-0.2, 0) is 6.18 Å². The topological polar surface area (TPSA) is 37.3 Å². The Labute approximate surface area is 159 Å². The van der Waals surface area contributed by atoms with Gasteiger partial charge in [-0.15, -0.1) is 11.3 Å². The largest absolute Gasteiger partial charge is 0.416 e. The van der Waals surface area contributed by atoms with E-state index in [0.29, 0.717) is 10.7 Å². The van der Waals surface area contributed by atoms with E-state index in [9.17, 15) is 13.2 Å². The van der Waals surface area contributed by atoms with Gasteiger partial charge in [-0.1, -0.05) is 29.8 Å². The molecule has 0 amide bonds. The molecule has 0 spiro atoms. The Kier molecular flexibility index (Phi) is 5.32. The molecule has 0 radical (unpaired) electrons. The van der Waals surface area contributed by atoms with Gasteiger partial charge in [-0.25, -0.2) is 4.98 Å². The van der Waals surface area contributed by atoms with Crippen molar-refractivity contribution in [1.29, 1.82) is 0 Å². The highest BCUT2D eigenvalue weighted by molar-refractivity contribution is 7.14. The molecule has 7 heteroatoms. The summed E-state index contributed by atoms with van der Waals surface area (Å²) in [5.74, 6) is 0. The van der Waals surface area contributed by atoms with Crippen molar-refractivity contribution in [3.05, 3.63) is 69.6 Å². The van der Waals surface area contributed by atoms with Gasteiger partial charge in [0.15, 0.2) is 0 Å². The maximum absolute atomic E-state index is 12.7. The first-order chi connectivity index (χ1) is 12.7. The highest BCUT2D eigenvalue weighted by atomic mass is 32.1. The summed E-state index contributed by atoms with van der Waals surface area (Å²) in [4.78, 5) is 4.53. The van der Waals surface area contributed by atoms with Crippen LogP contribution in [0.5, 0.6) is 0 Å². The first-order valence-corrected chi connectivity index (χ1v) is 9.12. The summed E-state index contributed by atoms with van der Waals surface area (Å²) in [6.07, 6.45) is -3.02. The fourth-order valence-electron chi connectivity index (χ4n) is 2.98. The van der Waals surface area contributed by atoms with Crippen LogP contribution in [0.2, 0.25) is 0 Å². The number of aryl methyl sites for hydroxylation is 3. The Bertz CT molecular complexity index is 967. The Balaban J connectivity index is 1.75. The van der Waals surface area contributed by atoms with Crippen molar-refractivity contribution in [1.82, 2.24) is 4.98 Å². The lowest BCUT2D eigenvalue weighted by atomic mass is 9.98. The molecule has 1 aromatic heterocycles. The Morgan fingerprint density at radius 3 is 2.44 bits per heavy atom. The standard InChI is InChI=1S/C20H18F3N3S/c1-12-7-13(2)18(14(3)8-12)17-11-27-19(25-17)26-24-10-15-5-4-6-16(9-15)20(21,22)23/h4-11H,1-3H3,(H,25,26)/b24-10-. The van der Waals surface area contributed by atoms with Crippen LogP contribution < -0.4 is 5.43 Å². The third-order valence-corrected chi connectivity index (χ3v) is 4.77. The molecular weight excluding hydrogens is 371 g/mol. The molecule has 0 aliphatic rings. The Morgan fingerprint density at radius 2 is 1.78 bits per heavy atom. The van der Waals surface area contributed by atoms with E-state index in [-0.39, 0.29) is 0 Å². The average Bonchev–Trinajstić information content (AvgIpc) is 3.02. The number of thiazole rings is 1.